The molecule has 184 valence electrons. The molecule has 6 rings (SSSR count). The van der Waals surface area contributed by atoms with Crippen LogP contribution in [0.4, 0.5) is 11.7 Å². The summed E-state index contributed by atoms with van der Waals surface area (Å²) in [5, 5.41) is 8.87. The van der Waals surface area contributed by atoms with Gasteiger partial charge in [0.15, 0.2) is 11.1 Å². The number of nitrogens with zero attached hydrogens (tertiary/aromatic N) is 3. The standard InChI is InChI=1S/C25H25N7O4/c1-25(12-34-2,23(26)33)32-11-15(10-29-32)14-8-17-20-19(9-14)35-6-5-28-22(20)21(30-17)13-3-4-18-16(7-13)31-24(27)36-18/h3-4,7-11,28,30H,5-6,12H2,1-2H3,(H2,26,33)(H2,27,31)/t25-/m0/s1. The number of nitrogens with one attached hydrogen (secondary N) is 2. The van der Waals surface area contributed by atoms with Gasteiger partial charge in [-0.1, -0.05) is 0 Å². The van der Waals surface area contributed by atoms with Crippen molar-refractivity contribution in [1.29, 1.82) is 0 Å². The molecule has 1 aliphatic heterocycles. The number of rotatable bonds is 6. The molecule has 0 fully saturated rings. The molecule has 0 saturated heterocycles. The number of benzene rings is 2. The summed E-state index contributed by atoms with van der Waals surface area (Å²) in [6.45, 7) is 2.96. The molecule has 0 radical (unpaired) electrons. The summed E-state index contributed by atoms with van der Waals surface area (Å²) in [6.07, 6.45) is 3.49. The maximum Gasteiger partial charge on any atom is 0.292 e. The van der Waals surface area contributed by atoms with Crippen molar-refractivity contribution in [2.24, 2.45) is 5.73 Å². The Balaban J connectivity index is 1.48. The number of aromatic amines is 1. The zero-order valence-corrected chi connectivity index (χ0v) is 19.8. The van der Waals surface area contributed by atoms with Crippen LogP contribution in [0.15, 0.2) is 47.1 Å². The molecule has 0 aliphatic carbocycles. The largest absolute Gasteiger partial charge is 0.491 e. The van der Waals surface area contributed by atoms with Crippen LogP contribution in [0.2, 0.25) is 0 Å². The normalized spacial score (nSPS) is 14.8. The molecular formula is C25H25N7O4. The zero-order valence-electron chi connectivity index (χ0n) is 19.8. The van der Waals surface area contributed by atoms with Gasteiger partial charge in [0, 0.05) is 31.0 Å². The summed E-state index contributed by atoms with van der Waals surface area (Å²) in [7, 11) is 1.52. The first-order chi connectivity index (χ1) is 17.4. The summed E-state index contributed by atoms with van der Waals surface area (Å²) < 4.78 is 18.3. The average molecular weight is 488 g/mol. The molecular weight excluding hydrogens is 462 g/mol. The number of carbonyl (C=O) groups excluding carboxylic acids is 1. The number of oxazole rings is 1. The van der Waals surface area contributed by atoms with Gasteiger partial charge in [0.05, 0.1) is 35.1 Å². The fraction of sp³-hybridized carbons (Fsp3) is 0.240. The molecule has 4 heterocycles. The van der Waals surface area contributed by atoms with Crippen molar-refractivity contribution in [3.63, 3.8) is 0 Å². The van der Waals surface area contributed by atoms with E-state index >= 15 is 0 Å². The van der Waals surface area contributed by atoms with Crippen LogP contribution < -0.4 is 21.5 Å². The molecule has 5 aromatic rings. The molecule has 1 atom stereocenters. The minimum Gasteiger partial charge on any atom is -0.491 e. The molecule has 11 heteroatoms. The molecule has 0 saturated carbocycles. The lowest BCUT2D eigenvalue weighted by Crippen LogP contribution is -2.47. The number of H-pyrrole nitrogens is 1. The van der Waals surface area contributed by atoms with Crippen molar-refractivity contribution < 1.29 is 18.7 Å². The Bertz CT molecular complexity index is 1630. The van der Waals surface area contributed by atoms with E-state index < -0.39 is 11.4 Å². The van der Waals surface area contributed by atoms with E-state index in [4.69, 9.17) is 25.4 Å². The van der Waals surface area contributed by atoms with Crippen molar-refractivity contribution in [3.8, 4) is 28.1 Å². The van der Waals surface area contributed by atoms with Crippen LogP contribution >= 0.6 is 0 Å². The molecule has 0 bridgehead atoms. The van der Waals surface area contributed by atoms with E-state index in [2.05, 4.69) is 20.4 Å². The SMILES string of the molecule is COC[C@@](C)(C(N)=O)n1cc(-c2cc3c4c(c(-c5ccc6oc(N)nc6c5)[nH]c4c2)NCCO3)cn1. The van der Waals surface area contributed by atoms with Crippen LogP contribution in [0.5, 0.6) is 5.75 Å². The Morgan fingerprint density at radius 2 is 2.11 bits per heavy atom. The number of hydrogen-bond donors (Lipinski definition) is 4. The van der Waals surface area contributed by atoms with Gasteiger partial charge in [-0.3, -0.25) is 9.48 Å². The predicted octanol–water partition coefficient (Wildman–Crippen LogP) is 3.07. The Labute approximate surface area is 205 Å². The predicted molar refractivity (Wildman–Crippen MR) is 136 cm³/mol. The van der Waals surface area contributed by atoms with Gasteiger partial charge >= 0.3 is 0 Å². The number of carbonyl (C=O) groups is 1. The molecule has 1 amide bonds. The molecule has 0 spiro atoms. The van der Waals surface area contributed by atoms with Crippen LogP contribution in [0.3, 0.4) is 0 Å². The highest BCUT2D eigenvalue weighted by atomic mass is 16.5. The van der Waals surface area contributed by atoms with Crippen LogP contribution in [-0.2, 0) is 15.1 Å². The Morgan fingerprint density at radius 1 is 1.25 bits per heavy atom. The van der Waals surface area contributed by atoms with Gasteiger partial charge in [-0.2, -0.15) is 10.1 Å². The average Bonchev–Trinajstić information content (AvgIpc) is 3.53. The number of ether oxygens (including phenoxy) is 2. The number of primary amides is 1. The molecule has 0 unspecified atom stereocenters. The van der Waals surface area contributed by atoms with Gasteiger partial charge in [-0.15, -0.1) is 0 Å². The summed E-state index contributed by atoms with van der Waals surface area (Å²) in [6, 6.07) is 9.91. The van der Waals surface area contributed by atoms with Crippen molar-refractivity contribution in [2.45, 2.75) is 12.5 Å². The summed E-state index contributed by atoms with van der Waals surface area (Å²) in [5.74, 6) is 0.221. The Morgan fingerprint density at radius 3 is 2.92 bits per heavy atom. The summed E-state index contributed by atoms with van der Waals surface area (Å²) in [4.78, 5) is 20.0. The van der Waals surface area contributed by atoms with E-state index in [1.54, 1.807) is 24.0 Å². The zero-order chi connectivity index (χ0) is 25.0. The minimum absolute atomic E-state index is 0.105. The monoisotopic (exact) mass is 487 g/mol. The first-order valence-electron chi connectivity index (χ1n) is 11.4. The Hall–Kier alpha value is -4.51. The Kier molecular flexibility index (Phi) is 4.90. The topological polar surface area (TPSA) is 159 Å². The van der Waals surface area contributed by atoms with E-state index in [-0.39, 0.29) is 12.6 Å². The highest BCUT2D eigenvalue weighted by Gasteiger charge is 2.34. The molecule has 1 aliphatic rings. The van der Waals surface area contributed by atoms with Crippen molar-refractivity contribution in [2.75, 3.05) is 37.9 Å². The molecule has 2 aromatic carbocycles. The van der Waals surface area contributed by atoms with Crippen LogP contribution in [-0.4, -0.2) is 52.5 Å². The number of amides is 1. The second-order valence-electron chi connectivity index (χ2n) is 9.03. The lowest BCUT2D eigenvalue weighted by Gasteiger charge is -2.25. The highest BCUT2D eigenvalue weighted by Crippen LogP contribution is 2.44. The molecule has 6 N–H and O–H groups in total. The first kappa shape index (κ1) is 22.0. The number of nitrogens with two attached hydrogens (primary N) is 2. The second-order valence-corrected chi connectivity index (χ2v) is 9.03. The third kappa shape index (κ3) is 3.35. The van der Waals surface area contributed by atoms with Gasteiger partial charge in [0.25, 0.3) is 6.01 Å². The smallest absolute Gasteiger partial charge is 0.292 e. The maximum atomic E-state index is 12.2. The maximum absolute atomic E-state index is 12.2. The fourth-order valence-corrected chi connectivity index (χ4v) is 4.68. The fourth-order valence-electron chi connectivity index (χ4n) is 4.68. The van der Waals surface area contributed by atoms with E-state index in [9.17, 15) is 4.79 Å². The lowest BCUT2D eigenvalue weighted by atomic mass is 10.0. The highest BCUT2D eigenvalue weighted by molar-refractivity contribution is 6.07. The van der Waals surface area contributed by atoms with Gasteiger partial charge in [-0.25, -0.2) is 0 Å². The third-order valence-corrected chi connectivity index (χ3v) is 6.59. The van der Waals surface area contributed by atoms with Gasteiger partial charge in [0.2, 0.25) is 5.91 Å². The second kappa shape index (κ2) is 8.02. The van der Waals surface area contributed by atoms with Crippen LogP contribution in [0.1, 0.15) is 6.92 Å². The van der Waals surface area contributed by atoms with Crippen molar-refractivity contribution in [3.05, 3.63) is 42.7 Å². The van der Waals surface area contributed by atoms with E-state index in [1.807, 2.05) is 30.3 Å². The number of anilines is 2. The van der Waals surface area contributed by atoms with Gasteiger partial charge < -0.3 is 35.7 Å². The number of fused-ring (bicyclic) bond motifs is 1. The molecule has 36 heavy (non-hydrogen) atoms. The molecule has 11 nitrogen and oxygen atoms in total. The number of hydrogen-bond acceptors (Lipinski definition) is 8. The van der Waals surface area contributed by atoms with E-state index in [0.29, 0.717) is 24.3 Å². The third-order valence-electron chi connectivity index (χ3n) is 6.59. The quantitative estimate of drug-likeness (QED) is 0.284. The van der Waals surface area contributed by atoms with E-state index in [1.165, 1.54) is 7.11 Å². The number of aromatic nitrogens is 4. The van der Waals surface area contributed by atoms with Crippen molar-refractivity contribution in [1.82, 2.24) is 19.7 Å². The van der Waals surface area contributed by atoms with Crippen molar-refractivity contribution >= 4 is 39.6 Å². The van der Waals surface area contributed by atoms with Gasteiger partial charge in [0.1, 0.15) is 17.9 Å². The first-order valence-corrected chi connectivity index (χ1v) is 11.4. The lowest BCUT2D eigenvalue weighted by molar-refractivity contribution is -0.128. The summed E-state index contributed by atoms with van der Waals surface area (Å²) >= 11 is 0. The number of methoxy groups -OCH3 is 1. The van der Waals surface area contributed by atoms with E-state index in [0.717, 1.165) is 44.7 Å². The van der Waals surface area contributed by atoms with Gasteiger partial charge in [-0.05, 0) is 42.8 Å². The summed E-state index contributed by atoms with van der Waals surface area (Å²) in [5.41, 5.74) is 17.0. The van der Waals surface area contributed by atoms with Crippen LogP contribution in [0.25, 0.3) is 44.4 Å². The minimum atomic E-state index is -1.11. The van der Waals surface area contributed by atoms with Crippen LogP contribution in [0, 0.1) is 0 Å². The molecule has 3 aromatic heterocycles. The number of nitrogen functional groups attached to an aromatic ring is 1.